The van der Waals surface area contributed by atoms with Gasteiger partial charge in [0.25, 0.3) is 0 Å². The highest BCUT2D eigenvalue weighted by Crippen LogP contribution is 2.27. The maximum absolute atomic E-state index is 14.1. The number of amides is 2. The monoisotopic (exact) mass is 633 g/mol. The second-order valence-corrected chi connectivity index (χ2v) is 13.0. The quantitative estimate of drug-likeness (QED) is 0.309. The highest BCUT2D eigenvalue weighted by atomic mass is 79.9. The molecule has 208 valence electrons. The molecule has 0 fully saturated rings. The van der Waals surface area contributed by atoms with Crippen molar-refractivity contribution < 1.29 is 18.0 Å². The first kappa shape index (κ1) is 30.7. The van der Waals surface area contributed by atoms with E-state index in [9.17, 15) is 18.0 Å². The highest BCUT2D eigenvalue weighted by Gasteiger charge is 2.33. The van der Waals surface area contributed by atoms with E-state index in [2.05, 4.69) is 21.2 Å². The van der Waals surface area contributed by atoms with Crippen LogP contribution >= 0.6 is 27.5 Å². The number of hydrogen-bond donors (Lipinski definition) is 1. The number of nitrogens with one attached hydrogen (secondary N) is 1. The van der Waals surface area contributed by atoms with Gasteiger partial charge in [0, 0.05) is 28.5 Å². The van der Waals surface area contributed by atoms with Gasteiger partial charge in [0.15, 0.2) is 0 Å². The van der Waals surface area contributed by atoms with Gasteiger partial charge in [-0.25, -0.2) is 8.42 Å². The Bertz CT molecular complexity index is 1420. The van der Waals surface area contributed by atoms with Crippen LogP contribution in [0.2, 0.25) is 5.02 Å². The summed E-state index contributed by atoms with van der Waals surface area (Å²) in [6.45, 7) is 5.07. The number of sulfonamides is 1. The number of benzene rings is 3. The van der Waals surface area contributed by atoms with Crippen molar-refractivity contribution in [3.63, 3.8) is 0 Å². The van der Waals surface area contributed by atoms with Crippen LogP contribution in [0.1, 0.15) is 30.5 Å². The van der Waals surface area contributed by atoms with Crippen LogP contribution in [0.4, 0.5) is 5.69 Å². The molecule has 0 aliphatic carbocycles. The second kappa shape index (κ2) is 13.5. The molecule has 1 N–H and O–H groups in total. The molecule has 0 saturated heterocycles. The fourth-order valence-electron chi connectivity index (χ4n) is 4.21. The van der Waals surface area contributed by atoms with Crippen molar-refractivity contribution in [3.8, 4) is 0 Å². The SMILES string of the molecule is Cc1ccc(Cl)cc1N(CC(=O)N(Cc1cccc(Br)c1)[C@@H](Cc1ccccc1)C(=O)NC(C)C)S(C)(=O)=O. The van der Waals surface area contributed by atoms with Crippen LogP contribution in [0.5, 0.6) is 0 Å². The zero-order valence-corrected chi connectivity index (χ0v) is 25.6. The van der Waals surface area contributed by atoms with E-state index in [1.54, 1.807) is 19.1 Å². The maximum Gasteiger partial charge on any atom is 0.244 e. The lowest BCUT2D eigenvalue weighted by molar-refractivity contribution is -0.140. The standard InChI is InChI=1S/C29H33BrClN3O4S/c1-20(2)32-29(36)27(16-22-9-6-5-7-10-22)33(18-23-11-8-12-24(30)15-23)28(35)19-34(39(4,37)38)26-17-25(31)14-13-21(26)3/h5-15,17,20,27H,16,18-19H2,1-4H3,(H,32,36)/t27-/m0/s1. The Morgan fingerprint density at radius 3 is 2.26 bits per heavy atom. The molecule has 3 aromatic rings. The van der Waals surface area contributed by atoms with E-state index in [1.165, 1.54) is 11.0 Å². The van der Waals surface area contributed by atoms with Crippen LogP contribution in [-0.2, 0) is 32.6 Å². The lowest BCUT2D eigenvalue weighted by atomic mass is 10.0. The molecule has 0 unspecified atom stereocenters. The van der Waals surface area contributed by atoms with E-state index in [0.717, 1.165) is 26.2 Å². The van der Waals surface area contributed by atoms with Crippen LogP contribution in [0, 0.1) is 6.92 Å². The molecule has 0 bridgehead atoms. The lowest BCUT2D eigenvalue weighted by Crippen LogP contribution is -2.54. The van der Waals surface area contributed by atoms with Crippen molar-refractivity contribution in [2.75, 3.05) is 17.1 Å². The fourth-order valence-corrected chi connectivity index (χ4v) is 5.72. The molecule has 0 spiro atoms. The zero-order chi connectivity index (χ0) is 28.7. The molecule has 0 aliphatic rings. The number of nitrogens with zero attached hydrogens (tertiary/aromatic N) is 2. The summed E-state index contributed by atoms with van der Waals surface area (Å²) in [6, 6.07) is 20.7. The molecule has 1 atom stereocenters. The normalized spacial score (nSPS) is 12.2. The first-order valence-corrected chi connectivity index (χ1v) is 15.5. The van der Waals surface area contributed by atoms with Crippen LogP contribution in [0.25, 0.3) is 0 Å². The van der Waals surface area contributed by atoms with Crippen molar-refractivity contribution in [3.05, 3.63) is 99.0 Å². The predicted octanol–water partition coefficient (Wildman–Crippen LogP) is 5.34. The molecular weight excluding hydrogens is 602 g/mol. The van der Waals surface area contributed by atoms with Crippen molar-refractivity contribution in [2.45, 2.75) is 45.8 Å². The number of rotatable bonds is 11. The first-order chi connectivity index (χ1) is 18.3. The summed E-state index contributed by atoms with van der Waals surface area (Å²) < 4.78 is 27.7. The molecule has 3 rings (SSSR count). The Balaban J connectivity index is 2.08. The predicted molar refractivity (Wildman–Crippen MR) is 160 cm³/mol. The Kier molecular flexibility index (Phi) is 10.6. The van der Waals surface area contributed by atoms with Gasteiger partial charge in [0.2, 0.25) is 21.8 Å². The summed E-state index contributed by atoms with van der Waals surface area (Å²) in [6.07, 6.45) is 1.31. The van der Waals surface area contributed by atoms with Crippen LogP contribution in [0.3, 0.4) is 0 Å². The van der Waals surface area contributed by atoms with Gasteiger partial charge >= 0.3 is 0 Å². The molecule has 10 heteroatoms. The van der Waals surface area contributed by atoms with E-state index in [0.29, 0.717) is 16.3 Å². The maximum atomic E-state index is 14.1. The number of aryl methyl sites for hydroxylation is 1. The summed E-state index contributed by atoms with van der Waals surface area (Å²) in [4.78, 5) is 29.1. The molecular formula is C29H33BrClN3O4S. The van der Waals surface area contributed by atoms with Crippen LogP contribution in [0.15, 0.2) is 77.3 Å². The number of carbonyl (C=O) groups excluding carboxylic acids is 2. The third-order valence-corrected chi connectivity index (χ3v) is 7.92. The minimum absolute atomic E-state index is 0.105. The number of halogens is 2. The van der Waals surface area contributed by atoms with Gasteiger partial charge in [-0.2, -0.15) is 0 Å². The fraction of sp³-hybridized carbons (Fsp3) is 0.310. The molecule has 0 aliphatic heterocycles. The third kappa shape index (κ3) is 8.81. The van der Waals surface area contributed by atoms with Gasteiger partial charge in [-0.05, 0) is 61.7 Å². The molecule has 0 heterocycles. The second-order valence-electron chi connectivity index (χ2n) is 9.72. The Morgan fingerprint density at radius 2 is 1.64 bits per heavy atom. The summed E-state index contributed by atoms with van der Waals surface area (Å²) in [5.41, 5.74) is 2.62. The van der Waals surface area contributed by atoms with Gasteiger partial charge in [-0.15, -0.1) is 0 Å². The van der Waals surface area contributed by atoms with Gasteiger partial charge < -0.3 is 10.2 Å². The van der Waals surface area contributed by atoms with E-state index in [-0.39, 0.29) is 24.9 Å². The molecule has 39 heavy (non-hydrogen) atoms. The Hall–Kier alpha value is -2.88. The number of anilines is 1. The smallest absolute Gasteiger partial charge is 0.244 e. The van der Waals surface area contributed by atoms with E-state index < -0.39 is 28.5 Å². The molecule has 0 radical (unpaired) electrons. The minimum Gasteiger partial charge on any atom is -0.352 e. The number of hydrogen-bond acceptors (Lipinski definition) is 4. The molecule has 3 aromatic carbocycles. The van der Waals surface area contributed by atoms with Crippen molar-refractivity contribution in [2.24, 2.45) is 0 Å². The Labute approximate surface area is 244 Å². The van der Waals surface area contributed by atoms with Crippen molar-refractivity contribution in [1.29, 1.82) is 0 Å². The van der Waals surface area contributed by atoms with E-state index in [1.807, 2.05) is 68.4 Å². The molecule has 7 nitrogen and oxygen atoms in total. The van der Waals surface area contributed by atoms with Crippen molar-refractivity contribution >= 4 is 55.1 Å². The summed E-state index contributed by atoms with van der Waals surface area (Å²) in [7, 11) is -3.87. The zero-order valence-electron chi connectivity index (χ0n) is 22.4. The Morgan fingerprint density at radius 1 is 0.974 bits per heavy atom. The minimum atomic E-state index is -3.87. The van der Waals surface area contributed by atoms with Crippen LogP contribution in [-0.4, -0.2) is 50.0 Å². The molecule has 2 amide bonds. The summed E-state index contributed by atoms with van der Waals surface area (Å²) in [5.74, 6) is -0.832. The number of carbonyl (C=O) groups is 2. The largest absolute Gasteiger partial charge is 0.352 e. The third-order valence-electron chi connectivity index (χ3n) is 6.06. The van der Waals surface area contributed by atoms with E-state index in [4.69, 9.17) is 11.6 Å². The molecule has 0 aromatic heterocycles. The van der Waals surface area contributed by atoms with E-state index >= 15 is 0 Å². The van der Waals surface area contributed by atoms with Gasteiger partial charge in [-0.3, -0.25) is 13.9 Å². The lowest BCUT2D eigenvalue weighted by Gasteiger charge is -2.34. The van der Waals surface area contributed by atoms with Gasteiger partial charge in [0.05, 0.1) is 11.9 Å². The van der Waals surface area contributed by atoms with Crippen LogP contribution < -0.4 is 9.62 Å². The van der Waals surface area contributed by atoms with Gasteiger partial charge in [0.1, 0.15) is 12.6 Å². The average molecular weight is 635 g/mol. The highest BCUT2D eigenvalue weighted by molar-refractivity contribution is 9.10. The van der Waals surface area contributed by atoms with Gasteiger partial charge in [-0.1, -0.05) is 76.1 Å². The topological polar surface area (TPSA) is 86.8 Å². The molecule has 0 saturated carbocycles. The van der Waals surface area contributed by atoms with Crippen molar-refractivity contribution in [1.82, 2.24) is 10.2 Å². The summed E-state index contributed by atoms with van der Waals surface area (Å²) in [5, 5.41) is 3.28. The summed E-state index contributed by atoms with van der Waals surface area (Å²) >= 11 is 9.66. The average Bonchev–Trinajstić information content (AvgIpc) is 2.85. The first-order valence-electron chi connectivity index (χ1n) is 12.5.